The molecule has 0 saturated heterocycles. The summed E-state index contributed by atoms with van der Waals surface area (Å²) in [7, 11) is 0.752. The molecule has 0 fully saturated rings. The highest BCUT2D eigenvalue weighted by Gasteiger charge is 2.09. The van der Waals surface area contributed by atoms with Crippen LogP contribution in [0.15, 0.2) is 18.3 Å². The highest BCUT2D eigenvalue weighted by atomic mass is 32.2. The number of hydrogen-bond donors (Lipinski definition) is 2. The van der Waals surface area contributed by atoms with Gasteiger partial charge in [0.25, 0.3) is 0 Å². The van der Waals surface area contributed by atoms with Gasteiger partial charge in [0.05, 0.1) is 17.6 Å². The van der Waals surface area contributed by atoms with Gasteiger partial charge in [-0.15, -0.1) is 0 Å². The van der Waals surface area contributed by atoms with Gasteiger partial charge >= 0.3 is 0 Å². The molecule has 0 aliphatic rings. The highest BCUT2D eigenvalue weighted by molar-refractivity contribution is 7.92. The number of hydrogen-bond acceptors (Lipinski definition) is 5. The molecular weight excluding hydrogens is 276 g/mol. The zero-order valence-electron chi connectivity index (χ0n) is 12.4. The zero-order chi connectivity index (χ0) is 15.0. The molecule has 1 aromatic heterocycles. The lowest BCUT2D eigenvalue weighted by molar-refractivity contribution is 0.425. The lowest BCUT2D eigenvalue weighted by Crippen LogP contribution is -2.21. The van der Waals surface area contributed by atoms with Crippen LogP contribution < -0.4 is 10.0 Å². The number of likely N-dealkylation sites (N-methyl/N-ethyl adjacent to an activating group) is 1. The monoisotopic (exact) mass is 300 g/mol. The van der Waals surface area contributed by atoms with Gasteiger partial charge in [0.15, 0.2) is 0 Å². The van der Waals surface area contributed by atoms with E-state index < -0.39 is 10.0 Å². The lowest BCUT2D eigenvalue weighted by atomic mass is 10.4. The summed E-state index contributed by atoms with van der Waals surface area (Å²) in [6.07, 6.45) is 3.04. The van der Waals surface area contributed by atoms with Crippen LogP contribution in [0, 0.1) is 0 Å². The van der Waals surface area contributed by atoms with Crippen LogP contribution in [-0.4, -0.2) is 51.2 Å². The van der Waals surface area contributed by atoms with Gasteiger partial charge in [-0.2, -0.15) is 0 Å². The molecule has 6 nitrogen and oxygen atoms in total. The van der Waals surface area contributed by atoms with E-state index in [9.17, 15) is 8.42 Å². The first-order chi connectivity index (χ1) is 9.43. The summed E-state index contributed by atoms with van der Waals surface area (Å²) in [5.41, 5.74) is 0.499. The predicted molar refractivity (Wildman–Crippen MR) is 83.6 cm³/mol. The Morgan fingerprint density at radius 1 is 1.30 bits per heavy atom. The second-order valence-corrected chi connectivity index (χ2v) is 6.78. The number of unbranched alkanes of at least 4 members (excludes halogenated alkanes) is 1. The van der Waals surface area contributed by atoms with Crippen LogP contribution in [0.1, 0.15) is 19.8 Å². The maximum Gasteiger partial charge on any atom is 0.232 e. The van der Waals surface area contributed by atoms with Crippen molar-refractivity contribution in [1.29, 1.82) is 0 Å². The van der Waals surface area contributed by atoms with Crippen LogP contribution in [0.25, 0.3) is 0 Å². The average Bonchev–Trinajstić information content (AvgIpc) is 2.38. The second-order valence-electron chi connectivity index (χ2n) is 4.94. The molecule has 0 saturated carbocycles. The largest absolute Gasteiger partial charge is 0.369 e. The maximum absolute atomic E-state index is 11.7. The van der Waals surface area contributed by atoms with E-state index in [0.717, 1.165) is 25.3 Å². The molecule has 0 bridgehead atoms. The van der Waals surface area contributed by atoms with Gasteiger partial charge in [0.1, 0.15) is 5.82 Å². The first kappa shape index (κ1) is 16.7. The average molecular weight is 300 g/mol. The van der Waals surface area contributed by atoms with Crippen LogP contribution in [0.2, 0.25) is 0 Å². The van der Waals surface area contributed by atoms with Crippen LogP contribution in [0.3, 0.4) is 0 Å². The van der Waals surface area contributed by atoms with Crippen molar-refractivity contribution in [3.63, 3.8) is 0 Å². The summed E-state index contributed by atoms with van der Waals surface area (Å²) in [5, 5.41) is 3.17. The number of nitrogens with zero attached hydrogens (tertiary/aromatic N) is 2. The van der Waals surface area contributed by atoms with Gasteiger partial charge in [-0.3, -0.25) is 4.72 Å². The molecule has 0 aromatic carbocycles. The van der Waals surface area contributed by atoms with E-state index in [1.807, 2.05) is 21.0 Å². The molecular formula is C13H24N4O2S. The third kappa shape index (κ3) is 6.72. The Morgan fingerprint density at radius 2 is 2.05 bits per heavy atom. The maximum atomic E-state index is 11.7. The SMILES string of the molecule is CCCCS(=O)(=O)Nc1ccc(NCCN(C)C)nc1. The molecule has 1 aromatic rings. The fraction of sp³-hybridized carbons (Fsp3) is 0.615. The Balaban J connectivity index is 2.50. The van der Waals surface area contributed by atoms with Gasteiger partial charge in [-0.1, -0.05) is 13.3 Å². The number of anilines is 2. The van der Waals surface area contributed by atoms with Crippen LogP contribution in [-0.2, 0) is 10.0 Å². The first-order valence-electron chi connectivity index (χ1n) is 6.78. The third-order valence-electron chi connectivity index (χ3n) is 2.67. The van der Waals surface area contributed by atoms with E-state index in [2.05, 4.69) is 19.9 Å². The Kier molecular flexibility index (Phi) is 6.74. The van der Waals surface area contributed by atoms with Crippen LogP contribution >= 0.6 is 0 Å². The number of nitrogens with one attached hydrogen (secondary N) is 2. The van der Waals surface area contributed by atoms with Crippen LogP contribution in [0.5, 0.6) is 0 Å². The number of sulfonamides is 1. The number of rotatable bonds is 9. The second kappa shape index (κ2) is 8.06. The molecule has 0 atom stereocenters. The molecule has 7 heteroatoms. The van der Waals surface area contributed by atoms with E-state index in [1.54, 1.807) is 12.1 Å². The Labute approximate surface area is 121 Å². The Morgan fingerprint density at radius 3 is 2.60 bits per heavy atom. The summed E-state index contributed by atoms with van der Waals surface area (Å²) in [4.78, 5) is 6.26. The molecule has 1 heterocycles. The van der Waals surface area contributed by atoms with E-state index in [4.69, 9.17) is 0 Å². The van der Waals surface area contributed by atoms with Crippen molar-refractivity contribution in [3.05, 3.63) is 18.3 Å². The molecule has 114 valence electrons. The van der Waals surface area contributed by atoms with E-state index in [1.165, 1.54) is 6.20 Å². The molecule has 0 unspecified atom stereocenters. The van der Waals surface area contributed by atoms with Gasteiger partial charge in [-0.25, -0.2) is 13.4 Å². The molecule has 0 amide bonds. The summed E-state index contributed by atoms with van der Waals surface area (Å²) in [6.45, 7) is 3.67. The Hall–Kier alpha value is -1.34. The van der Waals surface area contributed by atoms with Crippen molar-refractivity contribution >= 4 is 21.5 Å². The summed E-state index contributed by atoms with van der Waals surface area (Å²) in [5.74, 6) is 0.884. The van der Waals surface area contributed by atoms with Crippen molar-refractivity contribution < 1.29 is 8.42 Å². The fourth-order valence-corrected chi connectivity index (χ4v) is 2.78. The zero-order valence-corrected chi connectivity index (χ0v) is 13.2. The van der Waals surface area contributed by atoms with Crippen molar-refractivity contribution in [2.24, 2.45) is 0 Å². The highest BCUT2D eigenvalue weighted by Crippen LogP contribution is 2.12. The van der Waals surface area contributed by atoms with Crippen molar-refractivity contribution in [2.75, 3.05) is 43.0 Å². The predicted octanol–water partition coefficient (Wildman–Crippen LogP) is 1.60. The van der Waals surface area contributed by atoms with Crippen LogP contribution in [0.4, 0.5) is 11.5 Å². The summed E-state index contributed by atoms with van der Waals surface area (Å²) in [6, 6.07) is 3.49. The third-order valence-corrected chi connectivity index (χ3v) is 4.04. The quantitative estimate of drug-likeness (QED) is 0.724. The van der Waals surface area contributed by atoms with Gasteiger partial charge < -0.3 is 10.2 Å². The normalized spacial score (nSPS) is 11.6. The van der Waals surface area contributed by atoms with E-state index in [-0.39, 0.29) is 5.75 Å². The smallest absolute Gasteiger partial charge is 0.232 e. The molecule has 0 aliphatic carbocycles. The van der Waals surface area contributed by atoms with Crippen molar-refractivity contribution in [3.8, 4) is 0 Å². The fourth-order valence-electron chi connectivity index (χ4n) is 1.53. The minimum absolute atomic E-state index is 0.145. The molecule has 1 rings (SSSR count). The van der Waals surface area contributed by atoms with E-state index in [0.29, 0.717) is 12.1 Å². The lowest BCUT2D eigenvalue weighted by Gasteiger charge is -2.11. The first-order valence-corrected chi connectivity index (χ1v) is 8.43. The molecule has 20 heavy (non-hydrogen) atoms. The Bertz CT molecular complexity index is 486. The molecule has 0 aliphatic heterocycles. The number of pyridine rings is 1. The molecule has 2 N–H and O–H groups in total. The minimum atomic E-state index is -3.25. The minimum Gasteiger partial charge on any atom is -0.369 e. The van der Waals surface area contributed by atoms with Gasteiger partial charge in [0.2, 0.25) is 10.0 Å². The summed E-state index contributed by atoms with van der Waals surface area (Å²) < 4.78 is 26.0. The molecule has 0 radical (unpaired) electrons. The summed E-state index contributed by atoms with van der Waals surface area (Å²) >= 11 is 0. The van der Waals surface area contributed by atoms with Gasteiger partial charge in [-0.05, 0) is 32.6 Å². The van der Waals surface area contributed by atoms with Gasteiger partial charge in [0, 0.05) is 13.1 Å². The standard InChI is InChI=1S/C13H24N4O2S/c1-4-5-10-20(18,19)16-12-6-7-13(15-11-12)14-8-9-17(2)3/h6-7,11,16H,4-5,8-10H2,1-3H3,(H,14,15). The number of aromatic nitrogens is 1. The van der Waals surface area contributed by atoms with Crippen molar-refractivity contribution in [1.82, 2.24) is 9.88 Å². The van der Waals surface area contributed by atoms with E-state index >= 15 is 0 Å². The molecule has 0 spiro atoms. The topological polar surface area (TPSA) is 74.3 Å². The van der Waals surface area contributed by atoms with Crippen molar-refractivity contribution in [2.45, 2.75) is 19.8 Å².